The van der Waals surface area contributed by atoms with Gasteiger partial charge in [0.25, 0.3) is 0 Å². The second-order valence-electron chi connectivity index (χ2n) is 5.28. The van der Waals surface area contributed by atoms with Crippen molar-refractivity contribution in [1.82, 2.24) is 0 Å². The van der Waals surface area contributed by atoms with Crippen LogP contribution in [0.2, 0.25) is 0 Å². The Balaban J connectivity index is 0.00000100. The van der Waals surface area contributed by atoms with Gasteiger partial charge in [-0.2, -0.15) is 0 Å². The Hall–Kier alpha value is -2.51. The maximum Gasteiger partial charge on any atom is 0.347 e. The Kier molecular flexibility index (Phi) is 5.83. The van der Waals surface area contributed by atoms with Crippen LogP contribution in [0.25, 0.3) is 21.9 Å². The van der Waals surface area contributed by atoms with Crippen molar-refractivity contribution in [2.24, 2.45) is 11.5 Å². The third-order valence-corrected chi connectivity index (χ3v) is 3.66. The molecule has 0 atom stereocenters. The average Bonchev–Trinajstić information content (AvgIpc) is 2.91. The van der Waals surface area contributed by atoms with Crippen LogP contribution in [0.15, 0.2) is 31.8 Å². The molecule has 0 saturated carbocycles. The van der Waals surface area contributed by atoms with Gasteiger partial charge in [0.1, 0.15) is 22.3 Å². The fourth-order valence-electron chi connectivity index (χ4n) is 2.54. The third kappa shape index (κ3) is 3.52. The fraction of sp³-hybridized carbons (Fsp3) is 0.353. The Morgan fingerprint density at radius 1 is 0.958 bits per heavy atom. The Labute approximate surface area is 138 Å². The molecular formula is C17H22N2O5. The highest BCUT2D eigenvalue weighted by Gasteiger charge is 2.16. The van der Waals surface area contributed by atoms with E-state index in [9.17, 15) is 15.0 Å². The van der Waals surface area contributed by atoms with Crippen LogP contribution in [0, 0.1) is 0 Å². The van der Waals surface area contributed by atoms with Gasteiger partial charge in [0.05, 0.1) is 0 Å². The molecule has 7 nitrogen and oxygen atoms in total. The van der Waals surface area contributed by atoms with E-state index in [0.29, 0.717) is 35.3 Å². The Bertz CT molecular complexity index is 882. The van der Waals surface area contributed by atoms with Crippen LogP contribution < -0.4 is 17.1 Å². The van der Waals surface area contributed by atoms with Gasteiger partial charge in [0, 0.05) is 23.9 Å². The minimum Gasteiger partial charge on any atom is -0.504 e. The summed E-state index contributed by atoms with van der Waals surface area (Å²) in [5.41, 5.74) is 10.2. The first-order valence-electron chi connectivity index (χ1n) is 7.79. The number of phenols is 2. The predicted octanol–water partition coefficient (Wildman–Crippen LogP) is 2.20. The van der Waals surface area contributed by atoms with Crippen molar-refractivity contribution < 1.29 is 19.0 Å². The molecule has 0 aliphatic heterocycles. The number of hydrogen-bond donors (Lipinski definition) is 4. The number of phenolic OH excluding ortho intramolecular Hbond substituents is 2. The van der Waals surface area contributed by atoms with E-state index in [2.05, 4.69) is 5.73 Å². The molecule has 0 aliphatic rings. The number of hydrogen-bond acceptors (Lipinski definition) is 7. The maximum atomic E-state index is 12.2. The minimum atomic E-state index is -0.504. The van der Waals surface area contributed by atoms with Crippen LogP contribution in [-0.4, -0.2) is 23.8 Å². The highest BCUT2D eigenvalue weighted by atomic mass is 16.4. The SMILES string of the molecule is CN.NCCCCCc1cc2oc3cc(O)c(O)cc3c2c(=O)o1. The monoisotopic (exact) mass is 334 g/mol. The molecular weight excluding hydrogens is 312 g/mol. The molecule has 0 aliphatic carbocycles. The van der Waals surface area contributed by atoms with Crippen LogP contribution in [-0.2, 0) is 6.42 Å². The van der Waals surface area contributed by atoms with E-state index < -0.39 is 5.63 Å². The number of nitrogens with two attached hydrogens (primary N) is 2. The fourth-order valence-corrected chi connectivity index (χ4v) is 2.54. The smallest absolute Gasteiger partial charge is 0.347 e. The molecule has 0 radical (unpaired) electrons. The molecule has 130 valence electrons. The van der Waals surface area contributed by atoms with Crippen molar-refractivity contribution in [2.75, 3.05) is 13.6 Å². The summed E-state index contributed by atoms with van der Waals surface area (Å²) in [4.78, 5) is 12.2. The molecule has 0 bridgehead atoms. The van der Waals surface area contributed by atoms with E-state index in [1.165, 1.54) is 19.2 Å². The van der Waals surface area contributed by atoms with Crippen molar-refractivity contribution >= 4 is 21.9 Å². The molecule has 3 rings (SSSR count). The average molecular weight is 334 g/mol. The molecule has 0 fully saturated rings. The molecule has 0 saturated heterocycles. The second-order valence-corrected chi connectivity index (χ2v) is 5.28. The molecule has 0 unspecified atom stereocenters. The lowest BCUT2D eigenvalue weighted by Crippen LogP contribution is -2.02. The lowest BCUT2D eigenvalue weighted by atomic mass is 10.1. The molecule has 0 amide bonds. The molecule has 0 spiro atoms. The summed E-state index contributed by atoms with van der Waals surface area (Å²) >= 11 is 0. The van der Waals surface area contributed by atoms with E-state index in [1.807, 2.05) is 0 Å². The first-order chi connectivity index (χ1) is 11.6. The van der Waals surface area contributed by atoms with E-state index in [0.717, 1.165) is 19.3 Å². The van der Waals surface area contributed by atoms with Gasteiger partial charge in [-0.05, 0) is 32.5 Å². The van der Waals surface area contributed by atoms with E-state index in [1.54, 1.807) is 6.07 Å². The zero-order chi connectivity index (χ0) is 17.7. The lowest BCUT2D eigenvalue weighted by molar-refractivity contribution is 0.404. The quantitative estimate of drug-likeness (QED) is 0.415. The Morgan fingerprint density at radius 3 is 2.38 bits per heavy atom. The molecule has 2 aromatic heterocycles. The number of aromatic hydroxyl groups is 2. The van der Waals surface area contributed by atoms with Gasteiger partial charge in [-0.3, -0.25) is 0 Å². The zero-order valence-corrected chi connectivity index (χ0v) is 13.5. The molecule has 6 N–H and O–H groups in total. The molecule has 1 aromatic carbocycles. The third-order valence-electron chi connectivity index (χ3n) is 3.66. The van der Waals surface area contributed by atoms with Crippen molar-refractivity contribution in [1.29, 1.82) is 0 Å². The summed E-state index contributed by atoms with van der Waals surface area (Å²) < 4.78 is 10.9. The predicted molar refractivity (Wildman–Crippen MR) is 92.3 cm³/mol. The number of aryl methyl sites for hydroxylation is 1. The van der Waals surface area contributed by atoms with Crippen LogP contribution >= 0.6 is 0 Å². The number of unbranched alkanes of at least 4 members (excludes halogenated alkanes) is 2. The van der Waals surface area contributed by atoms with Gasteiger partial charge in [0.2, 0.25) is 0 Å². The summed E-state index contributed by atoms with van der Waals surface area (Å²) in [7, 11) is 1.50. The summed E-state index contributed by atoms with van der Waals surface area (Å²) in [5, 5.41) is 19.8. The van der Waals surface area contributed by atoms with Gasteiger partial charge in [0.15, 0.2) is 11.5 Å². The highest BCUT2D eigenvalue weighted by Crippen LogP contribution is 2.35. The van der Waals surface area contributed by atoms with Crippen LogP contribution in [0.5, 0.6) is 11.5 Å². The molecule has 2 heterocycles. The molecule has 7 heteroatoms. The first kappa shape index (κ1) is 17.8. The zero-order valence-electron chi connectivity index (χ0n) is 13.5. The van der Waals surface area contributed by atoms with Crippen LogP contribution in [0.3, 0.4) is 0 Å². The van der Waals surface area contributed by atoms with Crippen molar-refractivity contribution in [3.05, 3.63) is 34.4 Å². The normalized spacial score (nSPS) is 10.8. The van der Waals surface area contributed by atoms with E-state index >= 15 is 0 Å². The highest BCUT2D eigenvalue weighted by molar-refractivity contribution is 6.05. The van der Waals surface area contributed by atoms with Crippen molar-refractivity contribution in [3.8, 4) is 11.5 Å². The van der Waals surface area contributed by atoms with Gasteiger partial charge >= 0.3 is 5.63 Å². The standard InChI is InChI=1S/C16H17NO5.CH5N/c17-5-3-1-2-4-9-6-14-15(16(20)21-9)10-7-11(18)12(19)8-13(10)22-14;1-2/h6-8,18-19H,1-5,17H2;2H2,1H3. The number of benzene rings is 1. The van der Waals surface area contributed by atoms with Gasteiger partial charge in [-0.1, -0.05) is 6.42 Å². The van der Waals surface area contributed by atoms with Crippen molar-refractivity contribution in [2.45, 2.75) is 25.7 Å². The van der Waals surface area contributed by atoms with Crippen LogP contribution in [0.4, 0.5) is 0 Å². The second kappa shape index (κ2) is 7.85. The van der Waals surface area contributed by atoms with Crippen molar-refractivity contribution in [3.63, 3.8) is 0 Å². The van der Waals surface area contributed by atoms with Crippen LogP contribution in [0.1, 0.15) is 25.0 Å². The summed E-state index contributed by atoms with van der Waals surface area (Å²) in [6.07, 6.45) is 3.43. The summed E-state index contributed by atoms with van der Waals surface area (Å²) in [6, 6.07) is 4.27. The summed E-state index contributed by atoms with van der Waals surface area (Å²) in [5.74, 6) is -0.0413. The number of rotatable bonds is 5. The van der Waals surface area contributed by atoms with Gasteiger partial charge in [-0.15, -0.1) is 0 Å². The topological polar surface area (TPSA) is 136 Å². The van der Waals surface area contributed by atoms with E-state index in [4.69, 9.17) is 14.6 Å². The largest absolute Gasteiger partial charge is 0.504 e. The van der Waals surface area contributed by atoms with E-state index in [-0.39, 0.29) is 16.9 Å². The summed E-state index contributed by atoms with van der Waals surface area (Å²) in [6.45, 7) is 0.652. The maximum absolute atomic E-state index is 12.2. The minimum absolute atomic E-state index is 0.274. The van der Waals surface area contributed by atoms with Gasteiger partial charge < -0.3 is 30.5 Å². The Morgan fingerprint density at radius 2 is 1.67 bits per heavy atom. The number of furan rings is 1. The molecule has 24 heavy (non-hydrogen) atoms. The molecule has 3 aromatic rings. The first-order valence-corrected chi connectivity index (χ1v) is 7.79. The van der Waals surface area contributed by atoms with Gasteiger partial charge in [-0.25, -0.2) is 4.79 Å². The number of fused-ring (bicyclic) bond motifs is 3. The lowest BCUT2D eigenvalue weighted by Gasteiger charge is -1.99.